The number of likely N-dealkylation sites (N-methyl/N-ethyl adjacent to an activating group) is 1. The molecule has 1 aromatic heterocycles. The van der Waals surface area contributed by atoms with Gasteiger partial charge < -0.3 is 20.1 Å². The van der Waals surface area contributed by atoms with E-state index >= 15 is 0 Å². The van der Waals surface area contributed by atoms with E-state index in [1.165, 1.54) is 4.90 Å². The topological polar surface area (TPSA) is 70.4 Å². The predicted molar refractivity (Wildman–Crippen MR) is 117 cm³/mol. The summed E-state index contributed by atoms with van der Waals surface area (Å²) in [6.07, 6.45) is 2.47. The van der Waals surface area contributed by atoms with Crippen molar-refractivity contribution in [2.24, 2.45) is 11.8 Å². The van der Waals surface area contributed by atoms with Crippen LogP contribution >= 0.6 is 11.8 Å². The second-order valence-electron chi connectivity index (χ2n) is 7.96. The van der Waals surface area contributed by atoms with Gasteiger partial charge in [0.2, 0.25) is 5.91 Å². The fourth-order valence-corrected chi connectivity index (χ4v) is 4.47. The van der Waals surface area contributed by atoms with Gasteiger partial charge in [-0.05, 0) is 64.0 Å². The largest absolute Gasteiger partial charge is 0.360 e. The molecule has 6 nitrogen and oxygen atoms in total. The Hall–Kier alpha value is -1.83. The molecule has 1 amide bonds. The van der Waals surface area contributed by atoms with Crippen molar-refractivity contribution >= 4 is 17.7 Å². The minimum Gasteiger partial charge on any atom is -0.360 e. The molecule has 0 spiro atoms. The molecule has 2 aromatic rings. The summed E-state index contributed by atoms with van der Waals surface area (Å²) < 4.78 is 5.54. The van der Waals surface area contributed by atoms with Crippen LogP contribution in [-0.2, 0) is 17.0 Å². The van der Waals surface area contributed by atoms with Gasteiger partial charge in [-0.15, -0.1) is 11.8 Å². The van der Waals surface area contributed by atoms with Crippen molar-refractivity contribution in [3.05, 3.63) is 47.9 Å². The first-order valence-electron chi connectivity index (χ1n) is 10.3. The Labute approximate surface area is 177 Å². The molecule has 2 N–H and O–H groups in total. The van der Waals surface area contributed by atoms with E-state index in [0.717, 1.165) is 49.7 Å². The quantitative estimate of drug-likeness (QED) is 0.581. The number of aromatic nitrogens is 1. The number of carbonyl (C=O) groups excluding carboxylic acids is 1. The van der Waals surface area contributed by atoms with Crippen LogP contribution < -0.4 is 10.6 Å². The molecule has 158 valence electrons. The Kier molecular flexibility index (Phi) is 8.58. The summed E-state index contributed by atoms with van der Waals surface area (Å²) in [6, 6.07) is 12.4. The SMILES string of the molecule is CN(C)CCNC(=O)C[C@@H]1CCNC[C@@H]1Cc1cc(CSc2ccccc2)on1. The first kappa shape index (κ1) is 21.9. The van der Waals surface area contributed by atoms with Crippen LogP contribution in [0.1, 0.15) is 24.3 Å². The van der Waals surface area contributed by atoms with Crippen molar-refractivity contribution in [1.82, 2.24) is 20.7 Å². The maximum atomic E-state index is 12.3. The van der Waals surface area contributed by atoms with Crippen LogP contribution in [0.3, 0.4) is 0 Å². The highest BCUT2D eigenvalue weighted by molar-refractivity contribution is 7.98. The minimum absolute atomic E-state index is 0.156. The number of carbonyl (C=O) groups is 1. The van der Waals surface area contributed by atoms with Gasteiger partial charge in [-0.3, -0.25) is 4.79 Å². The summed E-state index contributed by atoms with van der Waals surface area (Å²) in [6.45, 7) is 3.47. The van der Waals surface area contributed by atoms with Crippen molar-refractivity contribution in [3.63, 3.8) is 0 Å². The lowest BCUT2D eigenvalue weighted by atomic mass is 9.81. The van der Waals surface area contributed by atoms with Crippen LogP contribution in [0.4, 0.5) is 0 Å². The number of hydrogen-bond acceptors (Lipinski definition) is 6. The molecule has 0 bridgehead atoms. The fraction of sp³-hybridized carbons (Fsp3) is 0.545. The molecule has 1 aliphatic rings. The molecule has 2 atom stereocenters. The summed E-state index contributed by atoms with van der Waals surface area (Å²) in [5.74, 6) is 2.62. The smallest absolute Gasteiger partial charge is 0.220 e. The van der Waals surface area contributed by atoms with Crippen molar-refractivity contribution in [2.45, 2.75) is 29.9 Å². The van der Waals surface area contributed by atoms with Crippen molar-refractivity contribution in [2.75, 3.05) is 40.3 Å². The van der Waals surface area contributed by atoms with Crippen LogP contribution in [0.2, 0.25) is 0 Å². The molecular formula is C22H32N4O2S. The van der Waals surface area contributed by atoms with E-state index in [1.54, 1.807) is 11.8 Å². The van der Waals surface area contributed by atoms with Gasteiger partial charge in [0.05, 0.1) is 11.4 Å². The van der Waals surface area contributed by atoms with Crippen LogP contribution in [-0.4, -0.2) is 56.2 Å². The number of hydrogen-bond donors (Lipinski definition) is 2. The number of piperidine rings is 1. The number of thioether (sulfide) groups is 1. The number of benzene rings is 1. The van der Waals surface area contributed by atoms with E-state index in [1.807, 2.05) is 32.3 Å². The molecular weight excluding hydrogens is 384 g/mol. The number of rotatable bonds is 10. The van der Waals surface area contributed by atoms with Crippen LogP contribution in [0.25, 0.3) is 0 Å². The van der Waals surface area contributed by atoms with Gasteiger partial charge >= 0.3 is 0 Å². The zero-order valence-corrected chi connectivity index (χ0v) is 18.2. The van der Waals surface area contributed by atoms with Gasteiger partial charge in [0.25, 0.3) is 0 Å². The molecule has 3 rings (SSSR count). The van der Waals surface area contributed by atoms with E-state index in [9.17, 15) is 4.79 Å². The monoisotopic (exact) mass is 416 g/mol. The summed E-state index contributed by atoms with van der Waals surface area (Å²) in [4.78, 5) is 15.6. The lowest BCUT2D eigenvalue weighted by molar-refractivity contribution is -0.122. The molecule has 29 heavy (non-hydrogen) atoms. The van der Waals surface area contributed by atoms with Gasteiger partial charge in [-0.1, -0.05) is 23.4 Å². The standard InChI is InChI=1S/C22H32N4O2S/c1-26(2)11-10-24-22(27)13-17-8-9-23-15-18(17)12-19-14-20(28-25-19)16-29-21-6-4-3-5-7-21/h3-7,14,17-18,23H,8-13,15-16H2,1-2H3,(H,24,27)/t17-,18-/m0/s1. The Morgan fingerprint density at radius 1 is 1.31 bits per heavy atom. The fourth-order valence-electron chi connectivity index (χ4n) is 3.67. The minimum atomic E-state index is 0.156. The Morgan fingerprint density at radius 2 is 2.14 bits per heavy atom. The van der Waals surface area contributed by atoms with E-state index in [0.29, 0.717) is 24.8 Å². The third-order valence-corrected chi connectivity index (χ3v) is 6.33. The molecule has 7 heteroatoms. The van der Waals surface area contributed by atoms with Gasteiger partial charge in [-0.2, -0.15) is 0 Å². The van der Waals surface area contributed by atoms with Gasteiger partial charge in [-0.25, -0.2) is 0 Å². The maximum Gasteiger partial charge on any atom is 0.220 e. The molecule has 1 aliphatic heterocycles. The Bertz CT molecular complexity index is 750. The molecule has 0 unspecified atom stereocenters. The zero-order valence-electron chi connectivity index (χ0n) is 17.4. The predicted octanol–water partition coefficient (Wildman–Crippen LogP) is 2.80. The average Bonchev–Trinajstić information content (AvgIpc) is 3.16. The van der Waals surface area contributed by atoms with E-state index in [2.05, 4.69) is 38.9 Å². The highest BCUT2D eigenvalue weighted by Gasteiger charge is 2.28. The molecule has 1 aromatic carbocycles. The second kappa shape index (κ2) is 11.4. The molecule has 2 heterocycles. The molecule has 0 aliphatic carbocycles. The first-order chi connectivity index (χ1) is 14.1. The molecule has 0 saturated carbocycles. The average molecular weight is 417 g/mol. The van der Waals surface area contributed by atoms with Gasteiger partial charge in [0.15, 0.2) is 0 Å². The first-order valence-corrected chi connectivity index (χ1v) is 11.3. The summed E-state index contributed by atoms with van der Waals surface area (Å²) >= 11 is 1.75. The lowest BCUT2D eigenvalue weighted by Crippen LogP contribution is -2.41. The number of amides is 1. The van der Waals surface area contributed by atoms with Crippen molar-refractivity contribution < 1.29 is 9.32 Å². The zero-order chi connectivity index (χ0) is 20.5. The number of nitrogens with one attached hydrogen (secondary N) is 2. The normalized spacial score (nSPS) is 19.4. The van der Waals surface area contributed by atoms with Gasteiger partial charge in [0, 0.05) is 30.5 Å². The number of nitrogens with zero attached hydrogens (tertiary/aromatic N) is 2. The molecule has 1 fully saturated rings. The van der Waals surface area contributed by atoms with Crippen molar-refractivity contribution in [1.29, 1.82) is 0 Å². The summed E-state index contributed by atoms with van der Waals surface area (Å²) in [7, 11) is 4.03. The van der Waals surface area contributed by atoms with Crippen molar-refractivity contribution in [3.8, 4) is 0 Å². The second-order valence-corrected chi connectivity index (χ2v) is 9.01. The lowest BCUT2D eigenvalue weighted by Gasteiger charge is -2.31. The Balaban J connectivity index is 1.48. The third kappa shape index (κ3) is 7.49. The van der Waals surface area contributed by atoms with Crippen LogP contribution in [0.15, 0.2) is 45.8 Å². The van der Waals surface area contributed by atoms with E-state index in [-0.39, 0.29) is 5.91 Å². The van der Waals surface area contributed by atoms with Gasteiger partial charge in [0.1, 0.15) is 5.76 Å². The van der Waals surface area contributed by atoms with E-state index < -0.39 is 0 Å². The highest BCUT2D eigenvalue weighted by atomic mass is 32.2. The third-order valence-electron chi connectivity index (χ3n) is 5.30. The maximum absolute atomic E-state index is 12.3. The highest BCUT2D eigenvalue weighted by Crippen LogP contribution is 2.27. The van der Waals surface area contributed by atoms with Crippen LogP contribution in [0.5, 0.6) is 0 Å². The molecule has 1 saturated heterocycles. The van der Waals surface area contributed by atoms with Crippen LogP contribution in [0, 0.1) is 11.8 Å². The Morgan fingerprint density at radius 3 is 2.93 bits per heavy atom. The van der Waals surface area contributed by atoms with E-state index in [4.69, 9.17) is 4.52 Å². The summed E-state index contributed by atoms with van der Waals surface area (Å²) in [5.41, 5.74) is 0.986. The molecule has 0 radical (unpaired) electrons. The summed E-state index contributed by atoms with van der Waals surface area (Å²) in [5, 5.41) is 10.8.